The van der Waals surface area contributed by atoms with Gasteiger partial charge in [0.15, 0.2) is 0 Å². The van der Waals surface area contributed by atoms with E-state index in [1.54, 1.807) is 0 Å². The van der Waals surface area contributed by atoms with E-state index in [1.165, 1.54) is 5.56 Å². The SMILES string of the molecule is CC(CN(C)Cc1ccccc1)C(C)(C)C. The van der Waals surface area contributed by atoms with E-state index in [4.69, 9.17) is 0 Å². The normalized spacial score (nSPS) is 14.1. The zero-order chi connectivity index (χ0) is 12.2. The number of hydrogen-bond donors (Lipinski definition) is 0. The summed E-state index contributed by atoms with van der Waals surface area (Å²) in [4.78, 5) is 2.41. The highest BCUT2D eigenvalue weighted by atomic mass is 15.1. The molecule has 1 rings (SSSR count). The molecule has 1 atom stereocenters. The highest BCUT2D eigenvalue weighted by Gasteiger charge is 2.21. The van der Waals surface area contributed by atoms with Crippen LogP contribution in [0, 0.1) is 11.3 Å². The van der Waals surface area contributed by atoms with Crippen molar-refractivity contribution in [2.75, 3.05) is 13.6 Å². The molecule has 1 unspecified atom stereocenters. The molecule has 0 amide bonds. The second-order valence-electron chi connectivity index (χ2n) is 5.95. The molecule has 16 heavy (non-hydrogen) atoms. The monoisotopic (exact) mass is 219 g/mol. The Balaban J connectivity index is 2.45. The van der Waals surface area contributed by atoms with Crippen LogP contribution in [0.1, 0.15) is 33.3 Å². The van der Waals surface area contributed by atoms with Gasteiger partial charge in [-0.1, -0.05) is 58.0 Å². The lowest BCUT2D eigenvalue weighted by Crippen LogP contribution is -2.31. The molecule has 1 aromatic carbocycles. The Morgan fingerprint density at radius 2 is 1.69 bits per heavy atom. The second kappa shape index (κ2) is 5.49. The largest absolute Gasteiger partial charge is 0.302 e. The first-order valence-electron chi connectivity index (χ1n) is 6.12. The van der Waals surface area contributed by atoms with Gasteiger partial charge in [-0.25, -0.2) is 0 Å². The summed E-state index contributed by atoms with van der Waals surface area (Å²) >= 11 is 0. The standard InChI is InChI=1S/C15H25N/c1-13(15(2,3)4)11-16(5)12-14-9-7-6-8-10-14/h6-10,13H,11-12H2,1-5H3. The van der Waals surface area contributed by atoms with Crippen LogP contribution >= 0.6 is 0 Å². The molecule has 0 radical (unpaired) electrons. The van der Waals surface area contributed by atoms with Gasteiger partial charge in [0.05, 0.1) is 0 Å². The van der Waals surface area contributed by atoms with Crippen LogP contribution in [0.3, 0.4) is 0 Å². The zero-order valence-electron chi connectivity index (χ0n) is 11.3. The molecule has 0 spiro atoms. The van der Waals surface area contributed by atoms with E-state index < -0.39 is 0 Å². The minimum Gasteiger partial charge on any atom is -0.302 e. The van der Waals surface area contributed by atoms with Crippen LogP contribution in [0.2, 0.25) is 0 Å². The zero-order valence-corrected chi connectivity index (χ0v) is 11.3. The number of rotatable bonds is 4. The van der Waals surface area contributed by atoms with Crippen LogP contribution in [-0.4, -0.2) is 18.5 Å². The van der Waals surface area contributed by atoms with Crippen molar-refractivity contribution in [2.24, 2.45) is 11.3 Å². The third-order valence-electron chi connectivity index (χ3n) is 3.36. The van der Waals surface area contributed by atoms with Gasteiger partial charge in [0.1, 0.15) is 0 Å². The van der Waals surface area contributed by atoms with Crippen molar-refractivity contribution in [1.82, 2.24) is 4.90 Å². The first-order chi connectivity index (χ1) is 7.39. The lowest BCUT2D eigenvalue weighted by atomic mass is 9.82. The summed E-state index contributed by atoms with van der Waals surface area (Å²) in [5, 5.41) is 0. The molecule has 0 fully saturated rings. The fourth-order valence-electron chi connectivity index (χ4n) is 1.70. The molecule has 0 aliphatic carbocycles. The van der Waals surface area contributed by atoms with E-state index in [2.05, 4.69) is 70.0 Å². The number of hydrogen-bond acceptors (Lipinski definition) is 1. The summed E-state index contributed by atoms with van der Waals surface area (Å²) < 4.78 is 0. The molecular formula is C15H25N. The summed E-state index contributed by atoms with van der Waals surface area (Å²) in [6.45, 7) is 11.5. The van der Waals surface area contributed by atoms with Crippen molar-refractivity contribution in [3.8, 4) is 0 Å². The van der Waals surface area contributed by atoms with Gasteiger partial charge >= 0.3 is 0 Å². The van der Waals surface area contributed by atoms with Crippen molar-refractivity contribution in [1.29, 1.82) is 0 Å². The van der Waals surface area contributed by atoms with Crippen LogP contribution in [0.15, 0.2) is 30.3 Å². The fraction of sp³-hybridized carbons (Fsp3) is 0.600. The number of benzene rings is 1. The van der Waals surface area contributed by atoms with Crippen molar-refractivity contribution in [2.45, 2.75) is 34.2 Å². The smallest absolute Gasteiger partial charge is 0.0230 e. The van der Waals surface area contributed by atoms with Gasteiger partial charge in [-0.05, 0) is 23.9 Å². The first kappa shape index (κ1) is 13.2. The van der Waals surface area contributed by atoms with Gasteiger partial charge in [-0.2, -0.15) is 0 Å². The third-order valence-corrected chi connectivity index (χ3v) is 3.36. The lowest BCUT2D eigenvalue weighted by molar-refractivity contribution is 0.179. The first-order valence-corrected chi connectivity index (χ1v) is 6.12. The Morgan fingerprint density at radius 3 is 2.19 bits per heavy atom. The maximum atomic E-state index is 2.41. The molecule has 0 saturated carbocycles. The van der Waals surface area contributed by atoms with Crippen LogP contribution in [0.4, 0.5) is 0 Å². The Hall–Kier alpha value is -0.820. The summed E-state index contributed by atoms with van der Waals surface area (Å²) in [7, 11) is 2.20. The Morgan fingerprint density at radius 1 is 1.12 bits per heavy atom. The molecule has 0 heterocycles. The Bertz CT molecular complexity index is 297. The lowest BCUT2D eigenvalue weighted by Gasteiger charge is -2.31. The van der Waals surface area contributed by atoms with Crippen molar-refractivity contribution < 1.29 is 0 Å². The molecule has 0 aliphatic rings. The van der Waals surface area contributed by atoms with Gasteiger partial charge in [0.2, 0.25) is 0 Å². The maximum Gasteiger partial charge on any atom is 0.0230 e. The van der Waals surface area contributed by atoms with E-state index in [1.807, 2.05) is 0 Å². The predicted molar refractivity (Wildman–Crippen MR) is 71.4 cm³/mol. The predicted octanol–water partition coefficient (Wildman–Crippen LogP) is 3.80. The van der Waals surface area contributed by atoms with E-state index in [9.17, 15) is 0 Å². The molecule has 0 aliphatic heterocycles. The summed E-state index contributed by atoms with van der Waals surface area (Å²) in [6, 6.07) is 10.7. The van der Waals surface area contributed by atoms with Crippen LogP contribution in [0.25, 0.3) is 0 Å². The average molecular weight is 219 g/mol. The van der Waals surface area contributed by atoms with E-state index in [0.717, 1.165) is 13.1 Å². The quantitative estimate of drug-likeness (QED) is 0.744. The topological polar surface area (TPSA) is 3.24 Å². The molecule has 90 valence electrons. The van der Waals surface area contributed by atoms with Crippen LogP contribution < -0.4 is 0 Å². The van der Waals surface area contributed by atoms with Gasteiger partial charge in [-0.15, -0.1) is 0 Å². The van der Waals surface area contributed by atoms with Crippen molar-refractivity contribution >= 4 is 0 Å². The van der Waals surface area contributed by atoms with Gasteiger partial charge in [0.25, 0.3) is 0 Å². The van der Waals surface area contributed by atoms with Gasteiger partial charge < -0.3 is 4.90 Å². The molecule has 0 bridgehead atoms. The van der Waals surface area contributed by atoms with Gasteiger partial charge in [-0.3, -0.25) is 0 Å². The molecule has 0 aromatic heterocycles. The molecule has 1 aromatic rings. The third kappa shape index (κ3) is 4.36. The molecule has 1 nitrogen and oxygen atoms in total. The van der Waals surface area contributed by atoms with Gasteiger partial charge in [0, 0.05) is 13.1 Å². The Kier molecular flexibility index (Phi) is 4.55. The Labute approximate surface area is 100 Å². The van der Waals surface area contributed by atoms with E-state index in [0.29, 0.717) is 11.3 Å². The molecular weight excluding hydrogens is 194 g/mol. The van der Waals surface area contributed by atoms with Crippen LogP contribution in [-0.2, 0) is 6.54 Å². The van der Waals surface area contributed by atoms with Crippen LogP contribution in [0.5, 0.6) is 0 Å². The maximum absolute atomic E-state index is 2.41. The molecule has 0 N–H and O–H groups in total. The summed E-state index contributed by atoms with van der Waals surface area (Å²) in [6.07, 6.45) is 0. The second-order valence-corrected chi connectivity index (χ2v) is 5.95. The highest BCUT2D eigenvalue weighted by molar-refractivity contribution is 5.14. The average Bonchev–Trinajstić information content (AvgIpc) is 2.17. The highest BCUT2D eigenvalue weighted by Crippen LogP contribution is 2.25. The summed E-state index contributed by atoms with van der Waals surface area (Å²) in [5.41, 5.74) is 1.79. The minimum absolute atomic E-state index is 0.394. The fourth-order valence-corrected chi connectivity index (χ4v) is 1.70. The van der Waals surface area contributed by atoms with Crippen molar-refractivity contribution in [3.05, 3.63) is 35.9 Å². The molecule has 1 heteroatoms. The van der Waals surface area contributed by atoms with E-state index >= 15 is 0 Å². The summed E-state index contributed by atoms with van der Waals surface area (Å²) in [5.74, 6) is 0.709. The van der Waals surface area contributed by atoms with Crippen molar-refractivity contribution in [3.63, 3.8) is 0 Å². The molecule has 0 saturated heterocycles. The minimum atomic E-state index is 0.394. The number of nitrogens with zero attached hydrogens (tertiary/aromatic N) is 1. The van der Waals surface area contributed by atoms with E-state index in [-0.39, 0.29) is 0 Å².